The van der Waals surface area contributed by atoms with Crippen LogP contribution in [0.5, 0.6) is 0 Å². The number of hydrogen-bond acceptors (Lipinski definition) is 2. The fraction of sp³-hybridized carbons (Fsp3) is 0.667. The van der Waals surface area contributed by atoms with Crippen LogP contribution in [0.2, 0.25) is 0 Å². The van der Waals surface area contributed by atoms with Gasteiger partial charge in [-0.25, -0.2) is 0 Å². The molecule has 1 saturated heterocycles. The third-order valence-corrected chi connectivity index (χ3v) is 3.48. The Balaban J connectivity index is 1.88. The largest absolute Gasteiger partial charge is 0.373 e. The first kappa shape index (κ1) is 9.78. The van der Waals surface area contributed by atoms with Gasteiger partial charge >= 0.3 is 0 Å². The third-order valence-electron chi connectivity index (χ3n) is 3.48. The van der Waals surface area contributed by atoms with E-state index in [-0.39, 0.29) is 6.04 Å². The molecule has 2 heteroatoms. The minimum absolute atomic E-state index is 0.207. The standard InChI is InChI=1S/C12H20N2/c1-3-10-6-7-14(8-10)9(2)12(13)11-4-5-11/h3,10-12H,1-2,4-8,13H2/t10?,12-/m0/s1. The van der Waals surface area contributed by atoms with E-state index in [1.807, 2.05) is 0 Å². The zero-order valence-corrected chi connectivity index (χ0v) is 8.78. The van der Waals surface area contributed by atoms with Crippen LogP contribution in [0.1, 0.15) is 19.3 Å². The summed E-state index contributed by atoms with van der Waals surface area (Å²) in [4.78, 5) is 2.34. The summed E-state index contributed by atoms with van der Waals surface area (Å²) < 4.78 is 0. The van der Waals surface area contributed by atoms with E-state index in [1.54, 1.807) is 0 Å². The monoisotopic (exact) mass is 192 g/mol. The first-order chi connectivity index (χ1) is 6.72. The lowest BCUT2D eigenvalue weighted by molar-refractivity contribution is 0.375. The van der Waals surface area contributed by atoms with Crippen molar-refractivity contribution in [3.05, 3.63) is 24.9 Å². The number of hydrogen-bond donors (Lipinski definition) is 1. The molecule has 0 aromatic rings. The van der Waals surface area contributed by atoms with Crippen molar-refractivity contribution in [2.45, 2.75) is 25.3 Å². The van der Waals surface area contributed by atoms with Crippen molar-refractivity contribution in [1.82, 2.24) is 4.90 Å². The van der Waals surface area contributed by atoms with E-state index >= 15 is 0 Å². The Kier molecular flexibility index (Phi) is 2.64. The van der Waals surface area contributed by atoms with Gasteiger partial charge in [0, 0.05) is 24.8 Å². The predicted octanol–water partition coefficient (Wildman–Crippen LogP) is 1.75. The second-order valence-corrected chi connectivity index (χ2v) is 4.59. The van der Waals surface area contributed by atoms with Crippen LogP contribution in [0.25, 0.3) is 0 Å². The molecule has 0 aromatic heterocycles. The van der Waals surface area contributed by atoms with Crippen LogP contribution in [-0.2, 0) is 0 Å². The molecule has 1 unspecified atom stereocenters. The molecule has 2 N–H and O–H groups in total. The van der Waals surface area contributed by atoms with Gasteiger partial charge in [0.05, 0.1) is 0 Å². The minimum Gasteiger partial charge on any atom is -0.373 e. The van der Waals surface area contributed by atoms with E-state index in [0.717, 1.165) is 18.8 Å². The summed E-state index contributed by atoms with van der Waals surface area (Å²) in [5.74, 6) is 1.35. The molecular formula is C12H20N2. The Morgan fingerprint density at radius 1 is 1.43 bits per heavy atom. The Morgan fingerprint density at radius 2 is 2.14 bits per heavy atom. The molecule has 0 aromatic carbocycles. The van der Waals surface area contributed by atoms with Gasteiger partial charge in [-0.15, -0.1) is 6.58 Å². The van der Waals surface area contributed by atoms with Crippen molar-refractivity contribution in [3.63, 3.8) is 0 Å². The van der Waals surface area contributed by atoms with Gasteiger partial charge < -0.3 is 10.6 Å². The smallest absolute Gasteiger partial charge is 0.0469 e. The number of nitrogens with two attached hydrogens (primary N) is 1. The van der Waals surface area contributed by atoms with E-state index in [1.165, 1.54) is 19.3 Å². The van der Waals surface area contributed by atoms with Gasteiger partial charge in [0.2, 0.25) is 0 Å². The zero-order valence-electron chi connectivity index (χ0n) is 8.78. The summed E-state index contributed by atoms with van der Waals surface area (Å²) >= 11 is 0. The number of rotatable bonds is 4. The molecule has 1 aliphatic carbocycles. The van der Waals surface area contributed by atoms with Crippen LogP contribution in [0.15, 0.2) is 24.9 Å². The van der Waals surface area contributed by atoms with Crippen LogP contribution in [0.4, 0.5) is 0 Å². The molecule has 78 valence electrons. The van der Waals surface area contributed by atoms with E-state index < -0.39 is 0 Å². The van der Waals surface area contributed by atoms with Crippen LogP contribution in [0, 0.1) is 11.8 Å². The van der Waals surface area contributed by atoms with E-state index in [2.05, 4.69) is 24.1 Å². The highest BCUT2D eigenvalue weighted by atomic mass is 15.2. The van der Waals surface area contributed by atoms with Gasteiger partial charge in [0.1, 0.15) is 0 Å². The molecule has 2 aliphatic rings. The van der Waals surface area contributed by atoms with Gasteiger partial charge in [-0.2, -0.15) is 0 Å². The molecule has 1 heterocycles. The molecule has 1 aliphatic heterocycles. The third kappa shape index (κ3) is 1.85. The molecule has 0 spiro atoms. The molecule has 2 atom stereocenters. The van der Waals surface area contributed by atoms with Gasteiger partial charge in [0.15, 0.2) is 0 Å². The number of nitrogens with zero attached hydrogens (tertiary/aromatic N) is 1. The SMILES string of the molecule is C=CC1CCN(C(=C)[C@H](N)C2CC2)C1. The second-order valence-electron chi connectivity index (χ2n) is 4.59. The molecule has 2 nitrogen and oxygen atoms in total. The van der Waals surface area contributed by atoms with Crippen molar-refractivity contribution in [2.75, 3.05) is 13.1 Å². The molecule has 2 fully saturated rings. The van der Waals surface area contributed by atoms with E-state index in [9.17, 15) is 0 Å². The second kappa shape index (κ2) is 3.77. The number of likely N-dealkylation sites (tertiary alicyclic amines) is 1. The predicted molar refractivity (Wildman–Crippen MR) is 59.7 cm³/mol. The van der Waals surface area contributed by atoms with Crippen molar-refractivity contribution < 1.29 is 0 Å². The van der Waals surface area contributed by atoms with Crippen LogP contribution < -0.4 is 5.73 Å². The molecule has 1 saturated carbocycles. The van der Waals surface area contributed by atoms with Crippen molar-refractivity contribution in [2.24, 2.45) is 17.6 Å². The molecule has 14 heavy (non-hydrogen) atoms. The molecule has 0 radical (unpaired) electrons. The lowest BCUT2D eigenvalue weighted by atomic mass is 10.1. The highest BCUT2D eigenvalue weighted by Gasteiger charge is 2.33. The highest BCUT2D eigenvalue weighted by molar-refractivity contribution is 5.11. The Hall–Kier alpha value is -0.760. The van der Waals surface area contributed by atoms with Crippen LogP contribution in [0.3, 0.4) is 0 Å². The van der Waals surface area contributed by atoms with Crippen molar-refractivity contribution in [1.29, 1.82) is 0 Å². The molecular weight excluding hydrogens is 172 g/mol. The van der Waals surface area contributed by atoms with Crippen molar-refractivity contribution in [3.8, 4) is 0 Å². The molecule has 0 amide bonds. The van der Waals surface area contributed by atoms with Gasteiger partial charge in [0.25, 0.3) is 0 Å². The molecule has 2 rings (SSSR count). The maximum Gasteiger partial charge on any atom is 0.0469 e. The topological polar surface area (TPSA) is 29.3 Å². The van der Waals surface area contributed by atoms with Crippen LogP contribution >= 0.6 is 0 Å². The summed E-state index contributed by atoms with van der Waals surface area (Å²) in [7, 11) is 0. The summed E-state index contributed by atoms with van der Waals surface area (Å²) in [6, 6.07) is 0.207. The Bertz CT molecular complexity index is 243. The maximum atomic E-state index is 6.12. The molecule has 0 bridgehead atoms. The first-order valence-electron chi connectivity index (χ1n) is 5.54. The summed E-state index contributed by atoms with van der Waals surface area (Å²) in [6.07, 6.45) is 5.84. The summed E-state index contributed by atoms with van der Waals surface area (Å²) in [5.41, 5.74) is 7.27. The van der Waals surface area contributed by atoms with Gasteiger partial charge in [-0.3, -0.25) is 0 Å². The Labute approximate surface area is 86.5 Å². The van der Waals surface area contributed by atoms with E-state index in [4.69, 9.17) is 5.73 Å². The van der Waals surface area contributed by atoms with E-state index in [0.29, 0.717) is 11.8 Å². The minimum atomic E-state index is 0.207. The highest BCUT2D eigenvalue weighted by Crippen LogP contribution is 2.35. The fourth-order valence-electron chi connectivity index (χ4n) is 2.18. The fourth-order valence-corrected chi connectivity index (χ4v) is 2.18. The van der Waals surface area contributed by atoms with Crippen LogP contribution in [-0.4, -0.2) is 24.0 Å². The zero-order chi connectivity index (χ0) is 10.1. The van der Waals surface area contributed by atoms with Crippen molar-refractivity contribution >= 4 is 0 Å². The lowest BCUT2D eigenvalue weighted by Gasteiger charge is -2.25. The summed E-state index contributed by atoms with van der Waals surface area (Å²) in [5, 5.41) is 0. The maximum absolute atomic E-state index is 6.12. The van der Waals surface area contributed by atoms with Gasteiger partial charge in [-0.1, -0.05) is 12.7 Å². The average molecular weight is 192 g/mol. The first-order valence-corrected chi connectivity index (χ1v) is 5.54. The normalized spacial score (nSPS) is 28.9. The lowest BCUT2D eigenvalue weighted by Crippen LogP contribution is -2.34. The summed E-state index contributed by atoms with van der Waals surface area (Å²) in [6.45, 7) is 10.2. The average Bonchev–Trinajstić information content (AvgIpc) is 2.94. The quantitative estimate of drug-likeness (QED) is 0.688. The van der Waals surface area contributed by atoms with Gasteiger partial charge in [-0.05, 0) is 31.1 Å². The Morgan fingerprint density at radius 3 is 2.64 bits per heavy atom.